The number of H-pyrrole nitrogens is 1. The number of rotatable bonds is 6. The van der Waals surface area contributed by atoms with E-state index in [1.807, 2.05) is 16.7 Å². The third-order valence-electron chi connectivity index (χ3n) is 7.19. The first kappa shape index (κ1) is 19.6. The first-order valence-electron chi connectivity index (χ1n) is 11.4. The van der Waals surface area contributed by atoms with Crippen LogP contribution in [0.4, 0.5) is 4.39 Å². The van der Waals surface area contributed by atoms with E-state index in [0.717, 1.165) is 44.2 Å². The second-order valence-electron chi connectivity index (χ2n) is 9.14. The van der Waals surface area contributed by atoms with Crippen molar-refractivity contribution in [3.8, 4) is 5.69 Å². The minimum absolute atomic E-state index is 0.163. The minimum Gasteiger partial charge on any atom is -0.361 e. The molecule has 164 valence electrons. The van der Waals surface area contributed by atoms with Gasteiger partial charge < -0.3 is 4.98 Å². The summed E-state index contributed by atoms with van der Waals surface area (Å²) in [6, 6.07) is 14.0. The molecule has 32 heavy (non-hydrogen) atoms. The molecule has 6 rings (SSSR count). The van der Waals surface area contributed by atoms with Crippen LogP contribution in [0.15, 0.2) is 61.3 Å². The summed E-state index contributed by atoms with van der Waals surface area (Å²) in [6.07, 6.45) is 7.93. The van der Waals surface area contributed by atoms with Crippen LogP contribution in [0.5, 0.6) is 0 Å². The number of hydrogen-bond donors (Lipinski definition) is 1. The number of fused-ring (bicyclic) bond motifs is 2. The van der Waals surface area contributed by atoms with Gasteiger partial charge in [-0.3, -0.25) is 14.4 Å². The average Bonchev–Trinajstić information content (AvgIpc) is 3.59. The normalized spacial score (nSPS) is 21.5. The van der Waals surface area contributed by atoms with Crippen LogP contribution in [0, 0.1) is 11.7 Å². The first-order chi connectivity index (χ1) is 15.7. The lowest BCUT2D eigenvalue weighted by Crippen LogP contribution is -2.36. The molecule has 0 amide bonds. The van der Waals surface area contributed by atoms with Gasteiger partial charge in [0.1, 0.15) is 18.5 Å². The van der Waals surface area contributed by atoms with E-state index < -0.39 is 0 Å². The van der Waals surface area contributed by atoms with E-state index in [2.05, 4.69) is 49.4 Å². The summed E-state index contributed by atoms with van der Waals surface area (Å²) in [4.78, 5) is 8.64. The monoisotopic (exact) mass is 430 g/mol. The largest absolute Gasteiger partial charge is 0.361 e. The molecule has 2 fully saturated rings. The highest BCUT2D eigenvalue weighted by molar-refractivity contribution is 5.85. The summed E-state index contributed by atoms with van der Waals surface area (Å²) in [5.74, 6) is 0.586. The molecule has 4 heterocycles. The Bertz CT molecular complexity index is 1200. The summed E-state index contributed by atoms with van der Waals surface area (Å²) in [5, 5.41) is 9.12. The quantitative estimate of drug-likeness (QED) is 0.508. The van der Waals surface area contributed by atoms with Crippen LogP contribution in [0.2, 0.25) is 0 Å². The van der Waals surface area contributed by atoms with Gasteiger partial charge in [-0.05, 0) is 66.8 Å². The van der Waals surface area contributed by atoms with E-state index in [0.29, 0.717) is 6.04 Å². The third-order valence-corrected chi connectivity index (χ3v) is 7.19. The molecule has 2 saturated heterocycles. The van der Waals surface area contributed by atoms with Crippen molar-refractivity contribution in [2.75, 3.05) is 26.2 Å². The number of halogens is 1. The molecule has 0 bridgehead atoms. The summed E-state index contributed by atoms with van der Waals surface area (Å²) < 4.78 is 15.1. The molecule has 2 unspecified atom stereocenters. The van der Waals surface area contributed by atoms with Gasteiger partial charge in [0.05, 0.1) is 0 Å². The standard InChI is InChI=1S/C25H27FN6/c26-21-3-1-18(2-4-21)13-30-14-20-8-10-31(25(20)15-30)9-7-19-12-27-24-6-5-22(11-23(19)24)32-16-28-29-17-32/h1-6,11-12,16-17,20,25,27H,7-10,13-15H2. The van der Waals surface area contributed by atoms with Gasteiger partial charge in [0.25, 0.3) is 0 Å². The fraction of sp³-hybridized carbons (Fsp3) is 0.360. The van der Waals surface area contributed by atoms with Gasteiger partial charge in [-0.2, -0.15) is 0 Å². The fourth-order valence-electron chi connectivity index (χ4n) is 5.52. The number of nitrogens with zero attached hydrogens (tertiary/aromatic N) is 5. The first-order valence-corrected chi connectivity index (χ1v) is 11.4. The number of benzene rings is 2. The van der Waals surface area contributed by atoms with Crippen LogP contribution >= 0.6 is 0 Å². The lowest BCUT2D eigenvalue weighted by Gasteiger charge is -2.24. The second kappa shape index (κ2) is 8.15. The van der Waals surface area contributed by atoms with Crippen molar-refractivity contribution in [3.63, 3.8) is 0 Å². The van der Waals surface area contributed by atoms with Crippen molar-refractivity contribution >= 4 is 10.9 Å². The number of hydrogen-bond acceptors (Lipinski definition) is 4. The maximum Gasteiger partial charge on any atom is 0.123 e. The van der Waals surface area contributed by atoms with Gasteiger partial charge in [0, 0.05) is 55.0 Å². The van der Waals surface area contributed by atoms with Crippen LogP contribution in [0.3, 0.4) is 0 Å². The maximum atomic E-state index is 13.2. The zero-order valence-corrected chi connectivity index (χ0v) is 18.0. The van der Waals surface area contributed by atoms with Crippen LogP contribution in [-0.4, -0.2) is 61.8 Å². The Balaban J connectivity index is 1.12. The molecule has 7 heteroatoms. The van der Waals surface area contributed by atoms with Crippen molar-refractivity contribution in [1.29, 1.82) is 0 Å². The topological polar surface area (TPSA) is 53.0 Å². The Labute approximate surface area is 186 Å². The van der Waals surface area contributed by atoms with Crippen LogP contribution < -0.4 is 0 Å². The van der Waals surface area contributed by atoms with Crippen molar-refractivity contribution in [2.45, 2.75) is 25.4 Å². The number of likely N-dealkylation sites (tertiary alicyclic amines) is 2. The summed E-state index contributed by atoms with van der Waals surface area (Å²) >= 11 is 0. The average molecular weight is 431 g/mol. The Morgan fingerprint density at radius 3 is 2.72 bits per heavy atom. The maximum absolute atomic E-state index is 13.2. The molecule has 4 aromatic rings. The number of nitrogens with one attached hydrogen (secondary N) is 1. The molecule has 0 radical (unpaired) electrons. The third kappa shape index (κ3) is 3.72. The highest BCUT2D eigenvalue weighted by Gasteiger charge is 2.40. The molecule has 6 nitrogen and oxygen atoms in total. The van der Waals surface area contributed by atoms with Crippen molar-refractivity contribution in [2.24, 2.45) is 5.92 Å². The van der Waals surface area contributed by atoms with E-state index in [-0.39, 0.29) is 5.82 Å². The summed E-state index contributed by atoms with van der Waals surface area (Å²) in [6.45, 7) is 5.43. The molecule has 2 aromatic heterocycles. The van der Waals surface area contributed by atoms with Crippen LogP contribution in [-0.2, 0) is 13.0 Å². The van der Waals surface area contributed by atoms with Gasteiger partial charge in [-0.15, -0.1) is 10.2 Å². The zero-order valence-electron chi connectivity index (χ0n) is 18.0. The van der Waals surface area contributed by atoms with Gasteiger partial charge in [-0.1, -0.05) is 12.1 Å². The Kier molecular flexibility index (Phi) is 5.00. The SMILES string of the molecule is Fc1ccc(CN2CC3CCN(CCc4c[nH]c5ccc(-n6cnnc6)cc45)C3C2)cc1. The Morgan fingerprint density at radius 2 is 1.88 bits per heavy atom. The molecule has 2 aromatic carbocycles. The molecule has 0 spiro atoms. The van der Waals surface area contributed by atoms with E-state index in [9.17, 15) is 4.39 Å². The van der Waals surface area contributed by atoms with Crippen molar-refractivity contribution in [1.82, 2.24) is 29.5 Å². The number of aromatic amines is 1. The molecule has 0 saturated carbocycles. The predicted octanol–water partition coefficient (Wildman–Crippen LogP) is 3.64. The zero-order chi connectivity index (χ0) is 21.5. The van der Waals surface area contributed by atoms with Gasteiger partial charge in [0.2, 0.25) is 0 Å². The fourth-order valence-corrected chi connectivity index (χ4v) is 5.52. The minimum atomic E-state index is -0.163. The molecule has 2 atom stereocenters. The Hall–Kier alpha value is -3.03. The lowest BCUT2D eigenvalue weighted by molar-refractivity contribution is 0.224. The molecular weight excluding hydrogens is 403 g/mol. The Morgan fingerprint density at radius 1 is 1.03 bits per heavy atom. The van der Waals surface area contributed by atoms with E-state index in [1.54, 1.807) is 24.8 Å². The molecular formula is C25H27FN6. The molecule has 1 N–H and O–H groups in total. The second-order valence-corrected chi connectivity index (χ2v) is 9.14. The van der Waals surface area contributed by atoms with E-state index in [1.165, 1.54) is 35.0 Å². The van der Waals surface area contributed by atoms with Crippen molar-refractivity contribution < 1.29 is 4.39 Å². The molecule has 2 aliphatic rings. The summed E-state index contributed by atoms with van der Waals surface area (Å²) in [7, 11) is 0. The van der Waals surface area contributed by atoms with Crippen LogP contribution in [0.1, 0.15) is 17.5 Å². The van der Waals surface area contributed by atoms with Gasteiger partial charge in [-0.25, -0.2) is 4.39 Å². The smallest absolute Gasteiger partial charge is 0.123 e. The molecule has 0 aliphatic carbocycles. The van der Waals surface area contributed by atoms with Gasteiger partial charge >= 0.3 is 0 Å². The van der Waals surface area contributed by atoms with Gasteiger partial charge in [0.15, 0.2) is 0 Å². The van der Waals surface area contributed by atoms with E-state index in [4.69, 9.17) is 0 Å². The van der Waals surface area contributed by atoms with Crippen molar-refractivity contribution in [3.05, 3.63) is 78.3 Å². The number of aromatic nitrogens is 4. The highest BCUT2D eigenvalue weighted by Crippen LogP contribution is 2.33. The van der Waals surface area contributed by atoms with Crippen LogP contribution in [0.25, 0.3) is 16.6 Å². The lowest BCUT2D eigenvalue weighted by atomic mass is 10.0. The van der Waals surface area contributed by atoms with E-state index >= 15 is 0 Å². The molecule has 2 aliphatic heterocycles. The summed E-state index contributed by atoms with van der Waals surface area (Å²) in [5.41, 5.74) is 4.81. The highest BCUT2D eigenvalue weighted by atomic mass is 19.1. The predicted molar refractivity (Wildman–Crippen MR) is 122 cm³/mol.